The Morgan fingerprint density at radius 2 is 1.81 bits per heavy atom. The zero-order valence-electron chi connectivity index (χ0n) is 14.9. The molecule has 0 saturated carbocycles. The molecule has 0 unspecified atom stereocenters. The maximum absolute atomic E-state index is 12.6. The first-order chi connectivity index (χ1) is 12.8. The molecule has 8 heteroatoms. The molecule has 0 amide bonds. The Balaban J connectivity index is 2.11. The van der Waals surface area contributed by atoms with Crippen molar-refractivity contribution in [1.29, 1.82) is 0 Å². The van der Waals surface area contributed by atoms with E-state index in [-0.39, 0.29) is 0 Å². The Morgan fingerprint density at radius 3 is 2.41 bits per heavy atom. The third kappa shape index (κ3) is 6.16. The second-order valence-electron chi connectivity index (χ2n) is 5.56. The van der Waals surface area contributed by atoms with Gasteiger partial charge < -0.3 is 9.47 Å². The minimum Gasteiger partial charge on any atom is -0.490 e. The summed E-state index contributed by atoms with van der Waals surface area (Å²) in [7, 11) is 0. The number of nitrogens with zero attached hydrogens (tertiary/aromatic N) is 1. The molecule has 0 aromatic heterocycles. The maximum Gasteiger partial charge on any atom is 0.416 e. The summed E-state index contributed by atoms with van der Waals surface area (Å²) >= 11 is 3.47. The number of halogens is 4. The molecule has 0 aliphatic heterocycles. The Bertz CT molecular complexity index is 778. The van der Waals surface area contributed by atoms with E-state index in [2.05, 4.69) is 26.5 Å². The van der Waals surface area contributed by atoms with Gasteiger partial charge in [0, 0.05) is 0 Å². The second kappa shape index (κ2) is 9.64. The van der Waals surface area contributed by atoms with Crippen LogP contribution in [0.5, 0.6) is 11.5 Å². The normalized spacial score (nSPS) is 11.6. The fourth-order valence-corrected chi connectivity index (χ4v) is 2.76. The molecule has 0 spiro atoms. The van der Waals surface area contributed by atoms with Crippen molar-refractivity contribution in [3.8, 4) is 11.5 Å². The third-order valence-corrected chi connectivity index (χ3v) is 3.99. The number of anilines is 1. The first kappa shape index (κ1) is 21.1. The number of hydrogen-bond acceptors (Lipinski definition) is 4. The summed E-state index contributed by atoms with van der Waals surface area (Å²) in [5.41, 5.74) is 3.20. The lowest BCUT2D eigenvalue weighted by Gasteiger charge is -2.14. The third-order valence-electron chi connectivity index (χ3n) is 3.40. The van der Waals surface area contributed by atoms with E-state index in [0.29, 0.717) is 30.4 Å². The van der Waals surface area contributed by atoms with Crippen molar-refractivity contribution in [2.75, 3.05) is 18.6 Å². The lowest BCUT2D eigenvalue weighted by molar-refractivity contribution is -0.137. The van der Waals surface area contributed by atoms with Gasteiger partial charge in [-0.1, -0.05) is 6.92 Å². The summed E-state index contributed by atoms with van der Waals surface area (Å²) in [5.74, 6) is 1.22. The number of hydrazone groups is 1. The topological polar surface area (TPSA) is 42.8 Å². The van der Waals surface area contributed by atoms with Crippen molar-refractivity contribution in [3.63, 3.8) is 0 Å². The Morgan fingerprint density at radius 1 is 1.11 bits per heavy atom. The van der Waals surface area contributed by atoms with Crippen molar-refractivity contribution in [1.82, 2.24) is 0 Å². The van der Waals surface area contributed by atoms with Crippen LogP contribution in [0, 0.1) is 0 Å². The largest absolute Gasteiger partial charge is 0.490 e. The van der Waals surface area contributed by atoms with Gasteiger partial charge in [-0.25, -0.2) is 0 Å². The molecular formula is C19H20BrF3N2O2. The van der Waals surface area contributed by atoms with E-state index in [1.54, 1.807) is 12.3 Å². The Hall–Kier alpha value is -2.22. The van der Waals surface area contributed by atoms with Gasteiger partial charge in [0.2, 0.25) is 0 Å². The quantitative estimate of drug-likeness (QED) is 0.394. The van der Waals surface area contributed by atoms with Crippen molar-refractivity contribution < 1.29 is 22.6 Å². The molecule has 2 aromatic carbocycles. The summed E-state index contributed by atoms with van der Waals surface area (Å²) in [5, 5.41) is 4.06. The monoisotopic (exact) mass is 444 g/mol. The summed E-state index contributed by atoms with van der Waals surface area (Å²) in [4.78, 5) is 0. The van der Waals surface area contributed by atoms with Crippen molar-refractivity contribution in [2.45, 2.75) is 26.4 Å². The van der Waals surface area contributed by atoms with Gasteiger partial charge in [-0.2, -0.15) is 18.3 Å². The van der Waals surface area contributed by atoms with Gasteiger partial charge in [0.1, 0.15) is 0 Å². The molecule has 4 nitrogen and oxygen atoms in total. The molecule has 146 valence electrons. The highest BCUT2D eigenvalue weighted by molar-refractivity contribution is 9.10. The molecule has 0 aliphatic rings. The van der Waals surface area contributed by atoms with Crippen LogP contribution in [0.1, 0.15) is 31.4 Å². The number of alkyl halides is 3. The van der Waals surface area contributed by atoms with E-state index in [1.807, 2.05) is 19.9 Å². The number of hydrogen-bond donors (Lipinski definition) is 1. The maximum atomic E-state index is 12.6. The van der Waals surface area contributed by atoms with Crippen LogP contribution in [0.2, 0.25) is 0 Å². The van der Waals surface area contributed by atoms with Crippen LogP contribution in [-0.2, 0) is 6.18 Å². The highest BCUT2D eigenvalue weighted by Gasteiger charge is 2.29. The van der Waals surface area contributed by atoms with Crippen molar-refractivity contribution >= 4 is 27.8 Å². The lowest BCUT2D eigenvalue weighted by atomic mass is 10.2. The van der Waals surface area contributed by atoms with Crippen LogP contribution in [-0.4, -0.2) is 19.4 Å². The predicted molar refractivity (Wildman–Crippen MR) is 104 cm³/mol. The van der Waals surface area contributed by atoms with Gasteiger partial charge in [-0.15, -0.1) is 0 Å². The van der Waals surface area contributed by atoms with Gasteiger partial charge in [-0.3, -0.25) is 5.43 Å². The van der Waals surface area contributed by atoms with Crippen LogP contribution in [0.4, 0.5) is 18.9 Å². The van der Waals surface area contributed by atoms with Crippen LogP contribution >= 0.6 is 15.9 Å². The fourth-order valence-electron chi connectivity index (χ4n) is 2.18. The van der Waals surface area contributed by atoms with E-state index < -0.39 is 11.7 Å². The molecule has 2 rings (SSSR count). The molecule has 0 bridgehead atoms. The van der Waals surface area contributed by atoms with Crippen molar-refractivity contribution in [3.05, 3.63) is 52.0 Å². The molecule has 27 heavy (non-hydrogen) atoms. The lowest BCUT2D eigenvalue weighted by Crippen LogP contribution is -2.04. The average molecular weight is 445 g/mol. The van der Waals surface area contributed by atoms with Gasteiger partial charge in [0.25, 0.3) is 0 Å². The standard InChI is InChI=1S/C19H20BrF3N2O2/c1-3-9-27-18-16(20)10-13(11-17(18)26-4-2)12-24-25-15-7-5-14(6-8-15)19(21,22)23/h5-8,10-12,25H,3-4,9H2,1-2H3. The average Bonchev–Trinajstić information content (AvgIpc) is 2.61. The molecule has 1 N–H and O–H groups in total. The van der Waals surface area contributed by atoms with Crippen molar-refractivity contribution in [2.24, 2.45) is 5.10 Å². The summed E-state index contributed by atoms with van der Waals surface area (Å²) in [6.45, 7) is 4.95. The van der Waals surface area contributed by atoms with E-state index in [4.69, 9.17) is 9.47 Å². The Kier molecular flexibility index (Phi) is 7.53. The van der Waals surface area contributed by atoms with E-state index in [1.165, 1.54) is 12.1 Å². The fraction of sp³-hybridized carbons (Fsp3) is 0.316. The van der Waals surface area contributed by atoms with E-state index in [9.17, 15) is 13.2 Å². The number of benzene rings is 2. The summed E-state index contributed by atoms with van der Waals surface area (Å²) in [6.07, 6.45) is -1.93. The number of nitrogens with one attached hydrogen (secondary N) is 1. The zero-order valence-corrected chi connectivity index (χ0v) is 16.5. The molecule has 0 fully saturated rings. The summed E-state index contributed by atoms with van der Waals surface area (Å²) < 4.78 is 49.8. The van der Waals surface area contributed by atoms with Gasteiger partial charge in [0.05, 0.1) is 35.2 Å². The predicted octanol–water partition coefficient (Wildman–Crippen LogP) is 6.10. The first-order valence-electron chi connectivity index (χ1n) is 8.40. The minimum absolute atomic E-state index is 0.450. The SMILES string of the molecule is CCCOc1c(Br)cc(C=NNc2ccc(C(F)(F)F)cc2)cc1OCC. The highest BCUT2D eigenvalue weighted by atomic mass is 79.9. The van der Waals surface area contributed by atoms with Gasteiger partial charge >= 0.3 is 6.18 Å². The van der Waals surface area contributed by atoms with Gasteiger partial charge in [0.15, 0.2) is 11.5 Å². The highest BCUT2D eigenvalue weighted by Crippen LogP contribution is 2.36. The minimum atomic E-state index is -4.36. The Labute approximate surface area is 164 Å². The second-order valence-corrected chi connectivity index (χ2v) is 6.41. The molecule has 0 saturated heterocycles. The van der Waals surface area contributed by atoms with Crippen LogP contribution in [0.25, 0.3) is 0 Å². The molecule has 0 atom stereocenters. The van der Waals surface area contributed by atoms with E-state index in [0.717, 1.165) is 28.6 Å². The van der Waals surface area contributed by atoms with Crippen LogP contribution < -0.4 is 14.9 Å². The number of rotatable bonds is 8. The molecular weight excluding hydrogens is 425 g/mol. The first-order valence-corrected chi connectivity index (χ1v) is 9.20. The molecule has 2 aromatic rings. The van der Waals surface area contributed by atoms with E-state index >= 15 is 0 Å². The zero-order chi connectivity index (χ0) is 19.9. The van der Waals surface area contributed by atoms with Crippen LogP contribution in [0.3, 0.4) is 0 Å². The molecule has 0 aliphatic carbocycles. The summed E-state index contributed by atoms with van der Waals surface area (Å²) in [6, 6.07) is 8.26. The smallest absolute Gasteiger partial charge is 0.416 e. The molecule has 0 heterocycles. The number of ether oxygens (including phenoxy) is 2. The van der Waals surface area contributed by atoms with Gasteiger partial charge in [-0.05, 0) is 71.2 Å². The van der Waals surface area contributed by atoms with Crippen LogP contribution in [0.15, 0.2) is 46.0 Å². The molecule has 0 radical (unpaired) electrons.